The van der Waals surface area contributed by atoms with E-state index in [1.165, 1.54) is 4.88 Å². The van der Waals surface area contributed by atoms with Gasteiger partial charge in [0.1, 0.15) is 22.2 Å². The molecule has 0 saturated heterocycles. The van der Waals surface area contributed by atoms with Crippen LogP contribution in [0.4, 0.5) is 0 Å². The van der Waals surface area contributed by atoms with E-state index in [-0.39, 0.29) is 23.9 Å². The summed E-state index contributed by atoms with van der Waals surface area (Å²) in [5, 5.41) is 3.72. The van der Waals surface area contributed by atoms with Crippen LogP contribution in [0.15, 0.2) is 23.0 Å². The number of aryl methyl sites for hydroxylation is 3. The number of aromatic nitrogens is 2. The highest BCUT2D eigenvalue weighted by atomic mass is 32.1. The van der Waals surface area contributed by atoms with Crippen molar-refractivity contribution in [2.45, 2.75) is 45.1 Å². The molecule has 7 nitrogen and oxygen atoms in total. The van der Waals surface area contributed by atoms with Crippen LogP contribution in [0, 0.1) is 0 Å². The summed E-state index contributed by atoms with van der Waals surface area (Å²) in [6.45, 7) is 1.90. The molecule has 0 spiro atoms. The molecule has 1 atom stereocenters. The first-order valence-electron chi connectivity index (χ1n) is 10.0. The Labute approximate surface area is 178 Å². The molecule has 1 aromatic carbocycles. The minimum absolute atomic E-state index is 0.0932. The molecule has 1 amide bonds. The average Bonchev–Trinajstić information content (AvgIpc) is 3.32. The van der Waals surface area contributed by atoms with Gasteiger partial charge in [0.2, 0.25) is 5.91 Å². The minimum atomic E-state index is -0.252. The molecule has 0 radical (unpaired) electrons. The zero-order chi connectivity index (χ0) is 21.3. The second kappa shape index (κ2) is 8.47. The standard InChI is InChI=1S/C22H25N3O4S/c1-12(15-11-13(28-2)7-8-16(15)29-3)23-19(26)10-9-18-24-21(27)20-14-5-4-6-17(14)30-22(20)25-18/h7-8,11-12H,4-6,9-10H2,1-3H3,(H,23,26)(H,24,25,27)/t12-/m0/s1. The normalized spacial score (nSPS) is 13.8. The molecule has 0 unspecified atom stereocenters. The Morgan fingerprint density at radius 3 is 2.90 bits per heavy atom. The fourth-order valence-corrected chi connectivity index (χ4v) is 5.25. The number of ether oxygens (including phenoxy) is 2. The summed E-state index contributed by atoms with van der Waals surface area (Å²) in [6.07, 6.45) is 3.69. The van der Waals surface area contributed by atoms with Gasteiger partial charge in [-0.3, -0.25) is 9.59 Å². The summed E-state index contributed by atoms with van der Waals surface area (Å²) in [6, 6.07) is 5.23. The first-order valence-corrected chi connectivity index (χ1v) is 10.9. The number of thiophene rings is 1. The first-order chi connectivity index (χ1) is 14.5. The van der Waals surface area contributed by atoms with Gasteiger partial charge in [0.15, 0.2) is 0 Å². The zero-order valence-electron chi connectivity index (χ0n) is 17.3. The van der Waals surface area contributed by atoms with Gasteiger partial charge in [-0.05, 0) is 49.9 Å². The molecule has 0 fully saturated rings. The summed E-state index contributed by atoms with van der Waals surface area (Å²) < 4.78 is 10.7. The van der Waals surface area contributed by atoms with Crippen LogP contribution >= 0.6 is 11.3 Å². The van der Waals surface area contributed by atoms with Crippen molar-refractivity contribution >= 4 is 27.5 Å². The van der Waals surface area contributed by atoms with E-state index in [4.69, 9.17) is 9.47 Å². The molecule has 0 aliphatic heterocycles. The molecule has 2 aromatic heterocycles. The van der Waals surface area contributed by atoms with Gasteiger partial charge in [0.05, 0.1) is 25.6 Å². The Balaban J connectivity index is 1.43. The lowest BCUT2D eigenvalue weighted by molar-refractivity contribution is -0.121. The van der Waals surface area contributed by atoms with Crippen LogP contribution in [0.5, 0.6) is 11.5 Å². The van der Waals surface area contributed by atoms with Crippen LogP contribution in [0.2, 0.25) is 0 Å². The first kappa shape index (κ1) is 20.4. The van der Waals surface area contributed by atoms with Gasteiger partial charge in [-0.1, -0.05) is 0 Å². The lowest BCUT2D eigenvalue weighted by Gasteiger charge is -2.18. The number of nitrogens with zero attached hydrogens (tertiary/aromatic N) is 1. The van der Waals surface area contributed by atoms with E-state index in [9.17, 15) is 9.59 Å². The number of carbonyl (C=O) groups excluding carboxylic acids is 1. The van der Waals surface area contributed by atoms with Gasteiger partial charge < -0.3 is 19.8 Å². The maximum absolute atomic E-state index is 12.5. The summed E-state index contributed by atoms with van der Waals surface area (Å²) in [7, 11) is 3.19. The maximum Gasteiger partial charge on any atom is 0.259 e. The van der Waals surface area contributed by atoms with Crippen molar-refractivity contribution in [1.29, 1.82) is 0 Å². The fourth-order valence-electron chi connectivity index (χ4n) is 3.97. The van der Waals surface area contributed by atoms with E-state index >= 15 is 0 Å². The molecule has 4 rings (SSSR count). The Morgan fingerprint density at radius 2 is 2.13 bits per heavy atom. The quantitative estimate of drug-likeness (QED) is 0.603. The van der Waals surface area contributed by atoms with Crippen LogP contribution in [0.25, 0.3) is 10.2 Å². The predicted molar refractivity (Wildman–Crippen MR) is 117 cm³/mol. The number of aromatic amines is 1. The number of benzene rings is 1. The van der Waals surface area contributed by atoms with E-state index in [1.54, 1.807) is 25.6 Å². The van der Waals surface area contributed by atoms with Crippen LogP contribution < -0.4 is 20.3 Å². The Kier molecular flexibility index (Phi) is 5.76. The summed E-state index contributed by atoms with van der Waals surface area (Å²) in [5.74, 6) is 1.81. The lowest BCUT2D eigenvalue weighted by Crippen LogP contribution is -2.27. The number of methoxy groups -OCH3 is 2. The van der Waals surface area contributed by atoms with Gasteiger partial charge in [-0.15, -0.1) is 11.3 Å². The number of amides is 1. The molecule has 2 heterocycles. The molecule has 30 heavy (non-hydrogen) atoms. The third-order valence-electron chi connectivity index (χ3n) is 5.49. The Bertz CT molecular complexity index is 1150. The molecule has 158 valence electrons. The summed E-state index contributed by atoms with van der Waals surface area (Å²) >= 11 is 1.61. The fraction of sp³-hybridized carbons (Fsp3) is 0.409. The van der Waals surface area contributed by atoms with Crippen molar-refractivity contribution in [3.63, 3.8) is 0 Å². The van der Waals surface area contributed by atoms with Crippen LogP contribution in [0.3, 0.4) is 0 Å². The number of rotatable bonds is 7. The Morgan fingerprint density at radius 1 is 1.30 bits per heavy atom. The van der Waals surface area contributed by atoms with Crippen molar-refractivity contribution in [1.82, 2.24) is 15.3 Å². The molecule has 1 aliphatic rings. The van der Waals surface area contributed by atoms with Crippen LogP contribution in [-0.4, -0.2) is 30.1 Å². The van der Waals surface area contributed by atoms with Crippen molar-refractivity contribution in [3.05, 3.63) is 50.4 Å². The third kappa shape index (κ3) is 3.92. The predicted octanol–water partition coefficient (Wildman–Crippen LogP) is 3.30. The second-order valence-corrected chi connectivity index (χ2v) is 8.53. The number of carbonyl (C=O) groups is 1. The van der Waals surface area contributed by atoms with Gasteiger partial charge in [-0.25, -0.2) is 4.98 Å². The molecular formula is C22H25N3O4S. The largest absolute Gasteiger partial charge is 0.497 e. The number of H-pyrrole nitrogens is 1. The van der Waals surface area contributed by atoms with Gasteiger partial charge in [0.25, 0.3) is 5.56 Å². The molecule has 1 aliphatic carbocycles. The molecule has 0 bridgehead atoms. The second-order valence-electron chi connectivity index (χ2n) is 7.45. The third-order valence-corrected chi connectivity index (χ3v) is 6.68. The maximum atomic E-state index is 12.5. The van der Waals surface area contributed by atoms with Gasteiger partial charge in [-0.2, -0.15) is 0 Å². The average molecular weight is 428 g/mol. The highest BCUT2D eigenvalue weighted by Crippen LogP contribution is 2.34. The monoisotopic (exact) mass is 427 g/mol. The van der Waals surface area contributed by atoms with E-state index in [2.05, 4.69) is 15.3 Å². The van der Waals surface area contributed by atoms with E-state index in [0.29, 0.717) is 23.7 Å². The smallest absolute Gasteiger partial charge is 0.259 e. The number of fused-ring (bicyclic) bond motifs is 3. The van der Waals surface area contributed by atoms with E-state index in [0.717, 1.165) is 40.6 Å². The molecule has 0 saturated carbocycles. The van der Waals surface area contributed by atoms with E-state index in [1.807, 2.05) is 25.1 Å². The summed E-state index contributed by atoms with van der Waals surface area (Å²) in [4.78, 5) is 34.6. The SMILES string of the molecule is COc1ccc(OC)c([C@H](C)NC(=O)CCc2nc3sc4c(c3c(=O)[nH]2)CCC4)c1. The van der Waals surface area contributed by atoms with Gasteiger partial charge >= 0.3 is 0 Å². The van der Waals surface area contributed by atoms with Crippen LogP contribution in [-0.2, 0) is 24.1 Å². The van der Waals surface area contributed by atoms with Crippen molar-refractivity contribution in [2.75, 3.05) is 14.2 Å². The van der Waals surface area contributed by atoms with Crippen LogP contribution in [0.1, 0.15) is 47.6 Å². The van der Waals surface area contributed by atoms with Gasteiger partial charge in [0, 0.05) is 23.3 Å². The summed E-state index contributed by atoms with van der Waals surface area (Å²) in [5.41, 5.74) is 1.91. The van der Waals surface area contributed by atoms with Crippen molar-refractivity contribution in [2.24, 2.45) is 0 Å². The molecular weight excluding hydrogens is 402 g/mol. The topological polar surface area (TPSA) is 93.3 Å². The van der Waals surface area contributed by atoms with Crippen molar-refractivity contribution < 1.29 is 14.3 Å². The molecule has 2 N–H and O–H groups in total. The highest BCUT2D eigenvalue weighted by molar-refractivity contribution is 7.18. The number of hydrogen-bond donors (Lipinski definition) is 2. The Hall–Kier alpha value is -2.87. The number of hydrogen-bond acceptors (Lipinski definition) is 6. The van der Waals surface area contributed by atoms with E-state index < -0.39 is 0 Å². The number of nitrogens with one attached hydrogen (secondary N) is 2. The minimum Gasteiger partial charge on any atom is -0.497 e. The lowest BCUT2D eigenvalue weighted by atomic mass is 10.1. The highest BCUT2D eigenvalue weighted by Gasteiger charge is 2.21. The molecule has 3 aromatic rings. The van der Waals surface area contributed by atoms with Crippen molar-refractivity contribution in [3.8, 4) is 11.5 Å². The zero-order valence-corrected chi connectivity index (χ0v) is 18.1. The molecule has 8 heteroatoms.